The van der Waals surface area contributed by atoms with Crippen LogP contribution >= 0.6 is 11.3 Å². The first kappa shape index (κ1) is 13.8. The lowest BCUT2D eigenvalue weighted by molar-refractivity contribution is 0.384. The van der Waals surface area contributed by atoms with Crippen molar-refractivity contribution in [2.45, 2.75) is 32.7 Å². The quantitative estimate of drug-likeness (QED) is 0.937. The molecule has 2 aromatic rings. The van der Waals surface area contributed by atoms with E-state index in [1.807, 2.05) is 5.51 Å². The topological polar surface area (TPSA) is 28.2 Å². The van der Waals surface area contributed by atoms with Crippen LogP contribution in [0.1, 0.15) is 26.7 Å². The van der Waals surface area contributed by atoms with Crippen molar-refractivity contribution < 1.29 is 0 Å². The van der Waals surface area contributed by atoms with E-state index in [-0.39, 0.29) is 0 Å². The van der Waals surface area contributed by atoms with Gasteiger partial charge in [0, 0.05) is 24.8 Å². The molecule has 1 aromatic carbocycles. The van der Waals surface area contributed by atoms with Gasteiger partial charge in [-0.15, -0.1) is 11.3 Å². The Labute approximate surface area is 125 Å². The monoisotopic (exact) mass is 289 g/mol. The Morgan fingerprint density at radius 1 is 1.50 bits per heavy atom. The van der Waals surface area contributed by atoms with Crippen LogP contribution in [-0.4, -0.2) is 30.7 Å². The lowest BCUT2D eigenvalue weighted by Crippen LogP contribution is -2.42. The van der Waals surface area contributed by atoms with E-state index < -0.39 is 0 Å². The summed E-state index contributed by atoms with van der Waals surface area (Å²) < 4.78 is 1.29. The second-order valence-electron chi connectivity index (χ2n) is 5.75. The lowest BCUT2D eigenvalue weighted by atomic mass is 9.99. The first-order valence-corrected chi connectivity index (χ1v) is 8.47. The van der Waals surface area contributed by atoms with Crippen LogP contribution in [-0.2, 0) is 0 Å². The molecule has 1 N–H and O–H groups in total. The van der Waals surface area contributed by atoms with E-state index in [0.717, 1.165) is 31.1 Å². The van der Waals surface area contributed by atoms with Crippen LogP contribution in [0, 0.1) is 5.92 Å². The average Bonchev–Trinajstić information content (AvgIpc) is 2.81. The molecule has 0 bridgehead atoms. The summed E-state index contributed by atoms with van der Waals surface area (Å²) in [6, 6.07) is 7.27. The number of nitrogens with zero attached hydrogens (tertiary/aromatic N) is 2. The minimum atomic E-state index is 0.597. The van der Waals surface area contributed by atoms with Crippen LogP contribution in [0.25, 0.3) is 10.2 Å². The molecule has 1 fully saturated rings. The summed E-state index contributed by atoms with van der Waals surface area (Å²) in [6.07, 6.45) is 2.45. The fourth-order valence-corrected chi connectivity index (χ4v) is 3.60. The molecule has 4 heteroatoms. The molecule has 2 heterocycles. The van der Waals surface area contributed by atoms with Gasteiger partial charge in [0.15, 0.2) is 0 Å². The standard InChI is InChI=1S/C16H23N3S/c1-3-12(2)15-10-19(8-4-7-17-15)13-5-6-14-16(9-13)20-11-18-14/h5-6,9,11-12,15,17H,3-4,7-8,10H2,1-2H3. The fraction of sp³-hybridized carbons (Fsp3) is 0.562. The van der Waals surface area contributed by atoms with E-state index in [9.17, 15) is 0 Å². The minimum Gasteiger partial charge on any atom is -0.370 e. The molecule has 3 nitrogen and oxygen atoms in total. The van der Waals surface area contributed by atoms with Gasteiger partial charge in [0.05, 0.1) is 15.7 Å². The van der Waals surface area contributed by atoms with E-state index in [0.29, 0.717) is 6.04 Å². The smallest absolute Gasteiger partial charge is 0.0813 e. The molecule has 108 valence electrons. The fourth-order valence-electron chi connectivity index (χ4n) is 2.89. The van der Waals surface area contributed by atoms with Gasteiger partial charge in [-0.25, -0.2) is 4.98 Å². The average molecular weight is 289 g/mol. The van der Waals surface area contributed by atoms with E-state index in [1.165, 1.54) is 23.2 Å². The molecule has 1 aliphatic rings. The zero-order valence-corrected chi connectivity index (χ0v) is 13.1. The summed E-state index contributed by atoms with van der Waals surface area (Å²) in [6.45, 7) is 8.02. The molecule has 0 radical (unpaired) electrons. The SMILES string of the molecule is CCC(C)C1CN(c2ccc3ncsc3c2)CCCN1. The summed E-state index contributed by atoms with van der Waals surface area (Å²) in [4.78, 5) is 6.91. The Balaban J connectivity index is 1.83. The molecule has 2 atom stereocenters. The number of anilines is 1. The van der Waals surface area contributed by atoms with Crippen LogP contribution in [0.2, 0.25) is 0 Å². The van der Waals surface area contributed by atoms with Crippen molar-refractivity contribution in [3.63, 3.8) is 0 Å². The van der Waals surface area contributed by atoms with Gasteiger partial charge >= 0.3 is 0 Å². The molecular formula is C16H23N3S. The number of hydrogen-bond donors (Lipinski definition) is 1. The maximum atomic E-state index is 4.37. The number of nitrogens with one attached hydrogen (secondary N) is 1. The van der Waals surface area contributed by atoms with Gasteiger partial charge in [-0.05, 0) is 37.1 Å². The highest BCUT2D eigenvalue weighted by Crippen LogP contribution is 2.26. The third-order valence-electron chi connectivity index (χ3n) is 4.44. The number of aromatic nitrogens is 1. The number of hydrogen-bond acceptors (Lipinski definition) is 4. The normalized spacial score (nSPS) is 21.9. The highest BCUT2D eigenvalue weighted by Gasteiger charge is 2.22. The molecule has 1 aromatic heterocycles. The molecule has 0 saturated carbocycles. The third kappa shape index (κ3) is 2.81. The largest absolute Gasteiger partial charge is 0.370 e. The van der Waals surface area contributed by atoms with Crippen molar-refractivity contribution >= 4 is 27.2 Å². The minimum absolute atomic E-state index is 0.597. The first-order valence-electron chi connectivity index (χ1n) is 7.59. The van der Waals surface area contributed by atoms with E-state index >= 15 is 0 Å². The number of thiazole rings is 1. The van der Waals surface area contributed by atoms with Gasteiger partial charge in [0.2, 0.25) is 0 Å². The molecule has 0 spiro atoms. The number of rotatable bonds is 3. The van der Waals surface area contributed by atoms with Gasteiger partial charge in [-0.3, -0.25) is 0 Å². The van der Waals surface area contributed by atoms with Gasteiger partial charge < -0.3 is 10.2 Å². The molecular weight excluding hydrogens is 266 g/mol. The van der Waals surface area contributed by atoms with Crippen molar-refractivity contribution in [3.8, 4) is 0 Å². The Hall–Kier alpha value is -1.13. The van der Waals surface area contributed by atoms with Crippen molar-refractivity contribution in [1.82, 2.24) is 10.3 Å². The predicted molar refractivity (Wildman–Crippen MR) is 87.7 cm³/mol. The van der Waals surface area contributed by atoms with Gasteiger partial charge in [0.1, 0.15) is 0 Å². The van der Waals surface area contributed by atoms with Crippen LogP contribution in [0.3, 0.4) is 0 Å². The van der Waals surface area contributed by atoms with Gasteiger partial charge in [-0.1, -0.05) is 20.3 Å². The molecule has 0 aliphatic carbocycles. The second-order valence-corrected chi connectivity index (χ2v) is 6.64. The molecule has 2 unspecified atom stereocenters. The van der Waals surface area contributed by atoms with E-state index in [4.69, 9.17) is 0 Å². The number of benzene rings is 1. The highest BCUT2D eigenvalue weighted by molar-refractivity contribution is 7.16. The van der Waals surface area contributed by atoms with Crippen molar-refractivity contribution in [2.24, 2.45) is 5.92 Å². The number of fused-ring (bicyclic) bond motifs is 1. The van der Waals surface area contributed by atoms with Crippen LogP contribution in [0.4, 0.5) is 5.69 Å². The molecule has 1 aliphatic heterocycles. The summed E-state index contributed by atoms with van der Waals surface area (Å²) >= 11 is 1.73. The van der Waals surface area contributed by atoms with Gasteiger partial charge in [-0.2, -0.15) is 0 Å². The molecule has 20 heavy (non-hydrogen) atoms. The Kier molecular flexibility index (Phi) is 4.22. The second kappa shape index (κ2) is 6.10. The zero-order valence-electron chi connectivity index (χ0n) is 12.3. The zero-order chi connectivity index (χ0) is 13.9. The summed E-state index contributed by atoms with van der Waals surface area (Å²) in [7, 11) is 0. The van der Waals surface area contributed by atoms with E-state index in [2.05, 4.69) is 47.2 Å². The lowest BCUT2D eigenvalue weighted by Gasteiger charge is -2.29. The van der Waals surface area contributed by atoms with Gasteiger partial charge in [0.25, 0.3) is 0 Å². The summed E-state index contributed by atoms with van der Waals surface area (Å²) in [5.41, 5.74) is 4.39. The summed E-state index contributed by atoms with van der Waals surface area (Å²) in [5.74, 6) is 0.725. The van der Waals surface area contributed by atoms with Crippen LogP contribution in [0.5, 0.6) is 0 Å². The van der Waals surface area contributed by atoms with Crippen LogP contribution < -0.4 is 10.2 Å². The molecule has 0 amide bonds. The van der Waals surface area contributed by atoms with Crippen molar-refractivity contribution in [3.05, 3.63) is 23.7 Å². The Bertz CT molecular complexity index is 566. The Morgan fingerprint density at radius 2 is 2.40 bits per heavy atom. The maximum Gasteiger partial charge on any atom is 0.0813 e. The van der Waals surface area contributed by atoms with Crippen molar-refractivity contribution in [2.75, 3.05) is 24.5 Å². The molecule has 1 saturated heterocycles. The highest BCUT2D eigenvalue weighted by atomic mass is 32.1. The maximum absolute atomic E-state index is 4.37. The Morgan fingerprint density at radius 3 is 3.25 bits per heavy atom. The molecule has 3 rings (SSSR count). The first-order chi connectivity index (χ1) is 9.78. The van der Waals surface area contributed by atoms with E-state index in [1.54, 1.807) is 11.3 Å². The summed E-state index contributed by atoms with van der Waals surface area (Å²) in [5, 5.41) is 3.71. The van der Waals surface area contributed by atoms with Crippen molar-refractivity contribution in [1.29, 1.82) is 0 Å². The van der Waals surface area contributed by atoms with Crippen LogP contribution in [0.15, 0.2) is 23.7 Å². The third-order valence-corrected chi connectivity index (χ3v) is 5.23. The predicted octanol–water partition coefficient (Wildman–Crippen LogP) is 3.51.